The molecule has 0 radical (unpaired) electrons. The minimum Gasteiger partial charge on any atom is -0.495 e. The molecule has 2 aromatic rings. The zero-order valence-corrected chi connectivity index (χ0v) is 17.3. The number of carbonyl (C=O) groups excluding carboxylic acids is 1. The largest absolute Gasteiger partial charge is 0.495 e. The van der Waals surface area contributed by atoms with Crippen molar-refractivity contribution in [3.63, 3.8) is 0 Å². The molecule has 0 spiro atoms. The summed E-state index contributed by atoms with van der Waals surface area (Å²) in [7, 11) is 1.71. The highest BCUT2D eigenvalue weighted by Crippen LogP contribution is 2.29. The normalized spacial score (nSPS) is 20.5. The van der Waals surface area contributed by atoms with Crippen LogP contribution < -0.4 is 9.64 Å². The molecule has 0 unspecified atom stereocenters. The van der Waals surface area contributed by atoms with Crippen molar-refractivity contribution in [2.24, 2.45) is 5.92 Å². The summed E-state index contributed by atoms with van der Waals surface area (Å²) in [5.41, 5.74) is 2.44. The monoisotopic (exact) mass is 393 g/mol. The highest BCUT2D eigenvalue weighted by atomic mass is 16.5. The van der Waals surface area contributed by atoms with Crippen LogP contribution in [0, 0.1) is 5.92 Å². The van der Waals surface area contributed by atoms with Crippen LogP contribution in [0.2, 0.25) is 0 Å². The molecule has 29 heavy (non-hydrogen) atoms. The third-order valence-electron chi connectivity index (χ3n) is 6.12. The summed E-state index contributed by atoms with van der Waals surface area (Å²) in [5.74, 6) is 1.36. The average molecular weight is 394 g/mol. The van der Waals surface area contributed by atoms with Crippen molar-refractivity contribution in [3.8, 4) is 5.75 Å². The van der Waals surface area contributed by atoms with Gasteiger partial charge in [-0.15, -0.1) is 0 Å². The number of methoxy groups -OCH3 is 1. The van der Waals surface area contributed by atoms with E-state index in [4.69, 9.17) is 4.74 Å². The molecule has 2 saturated heterocycles. The number of carbonyl (C=O) groups is 1. The Bertz CT molecular complexity index is 803. The lowest BCUT2D eigenvalue weighted by Crippen LogP contribution is -2.52. The first-order chi connectivity index (χ1) is 14.2. The van der Waals surface area contributed by atoms with E-state index in [1.807, 2.05) is 18.2 Å². The second-order valence-corrected chi connectivity index (χ2v) is 8.04. The smallest absolute Gasteiger partial charge is 0.227 e. The highest BCUT2D eigenvalue weighted by molar-refractivity contribution is 5.79. The Hall–Kier alpha value is -2.53. The summed E-state index contributed by atoms with van der Waals surface area (Å²) in [5, 5.41) is 0. The van der Waals surface area contributed by atoms with E-state index in [0.29, 0.717) is 5.91 Å². The van der Waals surface area contributed by atoms with Gasteiger partial charge in [-0.3, -0.25) is 9.69 Å². The van der Waals surface area contributed by atoms with E-state index < -0.39 is 0 Å². The Morgan fingerprint density at radius 3 is 2.45 bits per heavy atom. The minimum atomic E-state index is 0.130. The van der Waals surface area contributed by atoms with Crippen LogP contribution in [-0.2, 0) is 11.3 Å². The van der Waals surface area contributed by atoms with Crippen LogP contribution in [0.25, 0.3) is 0 Å². The van der Waals surface area contributed by atoms with Crippen LogP contribution in [0.1, 0.15) is 18.4 Å². The summed E-state index contributed by atoms with van der Waals surface area (Å²) >= 11 is 0. The van der Waals surface area contributed by atoms with Gasteiger partial charge in [-0.05, 0) is 37.1 Å². The third kappa shape index (κ3) is 4.73. The quantitative estimate of drug-likeness (QED) is 0.781. The first-order valence-electron chi connectivity index (χ1n) is 10.7. The molecular formula is C24H31N3O2. The fourth-order valence-electron chi connectivity index (χ4n) is 4.56. The number of rotatable bonds is 5. The van der Waals surface area contributed by atoms with Crippen LogP contribution in [-0.4, -0.2) is 62.1 Å². The lowest BCUT2D eigenvalue weighted by Gasteiger charge is -2.40. The summed E-state index contributed by atoms with van der Waals surface area (Å²) in [4.78, 5) is 20.0. The van der Waals surface area contributed by atoms with Gasteiger partial charge in [-0.25, -0.2) is 0 Å². The molecule has 5 nitrogen and oxygen atoms in total. The van der Waals surface area contributed by atoms with Gasteiger partial charge in [0.15, 0.2) is 0 Å². The second-order valence-electron chi connectivity index (χ2n) is 8.04. The molecule has 5 heteroatoms. The van der Waals surface area contributed by atoms with Crippen molar-refractivity contribution in [3.05, 3.63) is 60.2 Å². The molecule has 2 fully saturated rings. The van der Waals surface area contributed by atoms with E-state index in [0.717, 1.165) is 70.1 Å². The molecular weight excluding hydrogens is 362 g/mol. The van der Waals surface area contributed by atoms with Crippen molar-refractivity contribution in [2.75, 3.05) is 51.3 Å². The van der Waals surface area contributed by atoms with Crippen molar-refractivity contribution in [1.29, 1.82) is 0 Å². The lowest BCUT2D eigenvalue weighted by atomic mass is 9.95. The number of benzene rings is 2. The van der Waals surface area contributed by atoms with Gasteiger partial charge in [0.25, 0.3) is 0 Å². The summed E-state index contributed by atoms with van der Waals surface area (Å²) in [6.07, 6.45) is 2.11. The highest BCUT2D eigenvalue weighted by Gasteiger charge is 2.31. The predicted octanol–water partition coefficient (Wildman–Crippen LogP) is 3.26. The fourth-order valence-corrected chi connectivity index (χ4v) is 4.56. The van der Waals surface area contributed by atoms with Gasteiger partial charge in [-0.2, -0.15) is 0 Å². The van der Waals surface area contributed by atoms with Crippen molar-refractivity contribution in [1.82, 2.24) is 9.80 Å². The molecule has 0 N–H and O–H groups in total. The average Bonchev–Trinajstić information content (AvgIpc) is 2.79. The van der Waals surface area contributed by atoms with Crippen molar-refractivity contribution in [2.45, 2.75) is 19.4 Å². The molecule has 2 aliphatic heterocycles. The maximum absolute atomic E-state index is 13.2. The molecule has 154 valence electrons. The van der Waals surface area contributed by atoms with Crippen LogP contribution in [0.4, 0.5) is 5.69 Å². The fraction of sp³-hybridized carbons (Fsp3) is 0.458. The van der Waals surface area contributed by atoms with Crippen LogP contribution >= 0.6 is 0 Å². The molecule has 2 aliphatic rings. The number of hydrogen-bond acceptors (Lipinski definition) is 4. The van der Waals surface area contributed by atoms with Gasteiger partial charge < -0.3 is 14.5 Å². The minimum absolute atomic E-state index is 0.130. The van der Waals surface area contributed by atoms with E-state index in [1.165, 1.54) is 5.56 Å². The predicted molar refractivity (Wildman–Crippen MR) is 116 cm³/mol. The number of amides is 1. The molecule has 0 aromatic heterocycles. The van der Waals surface area contributed by atoms with Gasteiger partial charge in [-0.1, -0.05) is 42.5 Å². The number of para-hydroxylation sites is 2. The van der Waals surface area contributed by atoms with E-state index in [9.17, 15) is 4.79 Å². The van der Waals surface area contributed by atoms with Gasteiger partial charge in [0.1, 0.15) is 5.75 Å². The number of ether oxygens (including phenoxy) is 1. The number of anilines is 1. The first kappa shape index (κ1) is 19.8. The van der Waals surface area contributed by atoms with E-state index >= 15 is 0 Å². The Morgan fingerprint density at radius 1 is 0.966 bits per heavy atom. The number of likely N-dealkylation sites (tertiary alicyclic amines) is 1. The first-order valence-corrected chi connectivity index (χ1v) is 10.7. The Balaban J connectivity index is 1.32. The standard InChI is InChI=1S/C24H31N3O2/c1-29-23-12-6-5-11-22(23)26-14-16-27(17-15-26)24(28)21-10-7-13-25(19-21)18-20-8-3-2-4-9-20/h2-6,8-9,11-12,21H,7,10,13-19H2,1H3/t21-/m1/s1. The third-order valence-corrected chi connectivity index (χ3v) is 6.12. The molecule has 0 aliphatic carbocycles. The zero-order valence-electron chi connectivity index (χ0n) is 17.3. The molecule has 0 saturated carbocycles. The molecule has 4 rings (SSSR count). The summed E-state index contributed by atoms with van der Waals surface area (Å²) in [6, 6.07) is 18.7. The SMILES string of the molecule is COc1ccccc1N1CCN(C(=O)[C@@H]2CCCN(Cc3ccccc3)C2)CC1. The van der Waals surface area contributed by atoms with E-state index in [1.54, 1.807) is 7.11 Å². The molecule has 2 aromatic carbocycles. The maximum Gasteiger partial charge on any atom is 0.227 e. The second kappa shape index (κ2) is 9.31. The molecule has 1 amide bonds. The Kier molecular flexibility index (Phi) is 6.35. The molecule has 1 atom stereocenters. The van der Waals surface area contributed by atoms with Crippen LogP contribution in [0.5, 0.6) is 5.75 Å². The zero-order chi connectivity index (χ0) is 20.1. The summed E-state index contributed by atoms with van der Waals surface area (Å²) < 4.78 is 5.50. The number of nitrogens with zero attached hydrogens (tertiary/aromatic N) is 3. The van der Waals surface area contributed by atoms with E-state index in [-0.39, 0.29) is 5.92 Å². The summed E-state index contributed by atoms with van der Waals surface area (Å²) in [6.45, 7) is 6.17. The van der Waals surface area contributed by atoms with Crippen molar-refractivity contribution < 1.29 is 9.53 Å². The molecule has 2 heterocycles. The van der Waals surface area contributed by atoms with Gasteiger partial charge in [0, 0.05) is 39.3 Å². The van der Waals surface area contributed by atoms with Crippen LogP contribution in [0.15, 0.2) is 54.6 Å². The lowest BCUT2D eigenvalue weighted by molar-refractivity contribution is -0.137. The van der Waals surface area contributed by atoms with Crippen LogP contribution in [0.3, 0.4) is 0 Å². The van der Waals surface area contributed by atoms with Gasteiger partial charge in [0.05, 0.1) is 18.7 Å². The maximum atomic E-state index is 13.2. The topological polar surface area (TPSA) is 36.0 Å². The number of piperazine rings is 1. The number of piperidine rings is 1. The molecule has 0 bridgehead atoms. The Labute approximate surface area is 173 Å². The van der Waals surface area contributed by atoms with Crippen molar-refractivity contribution >= 4 is 11.6 Å². The Morgan fingerprint density at radius 2 is 1.69 bits per heavy atom. The van der Waals surface area contributed by atoms with Gasteiger partial charge in [0.2, 0.25) is 5.91 Å². The number of hydrogen-bond donors (Lipinski definition) is 0. The van der Waals surface area contributed by atoms with Gasteiger partial charge >= 0.3 is 0 Å². The van der Waals surface area contributed by atoms with E-state index in [2.05, 4.69) is 51.1 Å².